The van der Waals surface area contributed by atoms with Crippen molar-refractivity contribution in [3.8, 4) is 5.75 Å². The largest absolute Gasteiger partial charge is 0.505 e. The van der Waals surface area contributed by atoms with E-state index >= 15 is 0 Å². The van der Waals surface area contributed by atoms with Crippen LogP contribution >= 0.6 is 28.4 Å². The monoisotopic (exact) mass is 528 g/mol. The fourth-order valence-electron chi connectivity index (χ4n) is 3.47. The van der Waals surface area contributed by atoms with Crippen LogP contribution in [0, 0.1) is 11.6 Å². The van der Waals surface area contributed by atoms with Crippen LogP contribution in [0.1, 0.15) is 18.4 Å². The van der Waals surface area contributed by atoms with E-state index in [0.29, 0.717) is 24.4 Å². The fraction of sp³-hybridized carbons (Fsp3) is 0.250. The number of phenolic OH excluding ortho intramolecular Hbond substituents is 1. The molecule has 1 aliphatic heterocycles. The van der Waals surface area contributed by atoms with Crippen molar-refractivity contribution in [2.75, 3.05) is 22.9 Å². The molecule has 1 aromatic heterocycles. The average molecular weight is 528 g/mol. The molecule has 1 saturated heterocycles. The minimum atomic E-state index is -0.674. The SMILES string of the molecule is Oc1cc(N(Cc2ccc(F)cc2)c2cc(N3CCCC3)n(PI)n2)ccc1F. The third-order valence-electron chi connectivity index (χ3n) is 4.96. The molecule has 2 aromatic carbocycles. The van der Waals surface area contributed by atoms with Crippen molar-refractivity contribution in [1.29, 1.82) is 0 Å². The van der Waals surface area contributed by atoms with E-state index in [2.05, 4.69) is 26.9 Å². The van der Waals surface area contributed by atoms with Crippen molar-refractivity contribution < 1.29 is 13.9 Å². The van der Waals surface area contributed by atoms with Crippen LogP contribution in [0.5, 0.6) is 5.75 Å². The van der Waals surface area contributed by atoms with Gasteiger partial charge in [0.1, 0.15) is 11.6 Å². The topological polar surface area (TPSA) is 44.5 Å². The van der Waals surface area contributed by atoms with Crippen LogP contribution in [-0.4, -0.2) is 27.7 Å². The highest BCUT2D eigenvalue weighted by Gasteiger charge is 2.22. The van der Waals surface area contributed by atoms with Crippen molar-refractivity contribution >= 4 is 45.7 Å². The summed E-state index contributed by atoms with van der Waals surface area (Å²) in [5, 5.41) is 14.7. The first-order valence-electron chi connectivity index (χ1n) is 9.27. The van der Waals surface area contributed by atoms with Gasteiger partial charge in [-0.3, -0.25) is 0 Å². The molecule has 4 rings (SSSR count). The molecule has 3 aromatic rings. The van der Waals surface area contributed by atoms with Crippen LogP contribution in [0.4, 0.5) is 26.1 Å². The molecule has 0 bridgehead atoms. The maximum Gasteiger partial charge on any atom is 0.164 e. The molecule has 29 heavy (non-hydrogen) atoms. The Balaban J connectivity index is 1.74. The van der Waals surface area contributed by atoms with E-state index in [4.69, 9.17) is 5.10 Å². The minimum Gasteiger partial charge on any atom is -0.505 e. The van der Waals surface area contributed by atoms with Gasteiger partial charge in [0, 0.05) is 37.5 Å². The summed E-state index contributed by atoms with van der Waals surface area (Å²) in [6.07, 6.45) is 2.76. The van der Waals surface area contributed by atoms with Crippen LogP contribution in [0.15, 0.2) is 48.5 Å². The van der Waals surface area contributed by atoms with E-state index in [1.54, 1.807) is 18.2 Å². The summed E-state index contributed by atoms with van der Waals surface area (Å²) in [6.45, 7) is 2.41. The molecule has 0 spiro atoms. The Morgan fingerprint density at radius 2 is 1.79 bits per heavy atom. The van der Waals surface area contributed by atoms with E-state index in [-0.39, 0.29) is 5.82 Å². The van der Waals surface area contributed by atoms with E-state index in [1.165, 1.54) is 24.3 Å². The van der Waals surface area contributed by atoms with Crippen LogP contribution in [-0.2, 0) is 6.54 Å². The zero-order valence-corrected chi connectivity index (χ0v) is 18.7. The minimum absolute atomic E-state index is 0.300. The lowest BCUT2D eigenvalue weighted by molar-refractivity contribution is 0.432. The van der Waals surface area contributed by atoms with Gasteiger partial charge in [-0.1, -0.05) is 12.1 Å². The summed E-state index contributed by atoms with van der Waals surface area (Å²) in [5.74, 6) is 0.368. The predicted octanol–water partition coefficient (Wildman–Crippen LogP) is 5.60. The number of nitrogens with zero attached hydrogens (tertiary/aromatic N) is 4. The molecule has 1 atom stereocenters. The van der Waals surface area contributed by atoms with Crippen molar-refractivity contribution in [1.82, 2.24) is 9.55 Å². The Kier molecular flexibility index (Phi) is 6.20. The molecule has 1 unspecified atom stereocenters. The zero-order chi connectivity index (χ0) is 20.4. The second-order valence-corrected chi connectivity index (χ2v) is 8.94. The Morgan fingerprint density at radius 3 is 2.45 bits per heavy atom. The van der Waals surface area contributed by atoms with Gasteiger partial charge in [-0.2, -0.15) is 0 Å². The molecular formula is C20H20F2IN4OP. The number of anilines is 3. The number of aromatic hydroxyl groups is 1. The van der Waals surface area contributed by atoms with E-state index in [0.717, 1.165) is 37.3 Å². The van der Waals surface area contributed by atoms with Gasteiger partial charge in [0.2, 0.25) is 0 Å². The molecule has 1 N–H and O–H groups in total. The number of hydrogen-bond acceptors (Lipinski definition) is 4. The van der Waals surface area contributed by atoms with Crippen molar-refractivity contribution in [2.45, 2.75) is 19.4 Å². The second kappa shape index (κ2) is 8.83. The smallest absolute Gasteiger partial charge is 0.164 e. The van der Waals surface area contributed by atoms with Gasteiger partial charge in [0.25, 0.3) is 0 Å². The number of hydrogen-bond donors (Lipinski definition) is 1. The number of rotatable bonds is 6. The standard InChI is InChI=1S/C20H20F2IN4OP/c21-15-5-3-14(4-6-15)13-26(16-7-8-17(22)18(28)11-16)19-12-20(27(24-19)29-23)25-9-1-2-10-25/h3-8,11-12,28-29H,1-2,9-10,13H2. The van der Waals surface area contributed by atoms with Gasteiger partial charge >= 0.3 is 0 Å². The highest BCUT2D eigenvalue weighted by Crippen LogP contribution is 2.38. The Morgan fingerprint density at radius 1 is 1.07 bits per heavy atom. The van der Waals surface area contributed by atoms with Gasteiger partial charge in [0.05, 0.1) is 6.37 Å². The molecule has 152 valence electrons. The quantitative estimate of drug-likeness (QED) is 0.335. The summed E-state index contributed by atoms with van der Waals surface area (Å²) in [4.78, 5) is 4.22. The molecule has 0 saturated carbocycles. The number of aromatic nitrogens is 2. The van der Waals surface area contributed by atoms with Crippen LogP contribution in [0.2, 0.25) is 0 Å². The number of halogens is 3. The van der Waals surface area contributed by atoms with E-state index in [1.807, 2.05) is 15.4 Å². The van der Waals surface area contributed by atoms with Crippen molar-refractivity contribution in [3.63, 3.8) is 0 Å². The van der Waals surface area contributed by atoms with E-state index < -0.39 is 11.6 Å². The van der Waals surface area contributed by atoms with E-state index in [9.17, 15) is 13.9 Å². The molecule has 0 radical (unpaired) electrons. The normalized spacial score (nSPS) is 14.2. The van der Waals surface area contributed by atoms with Crippen molar-refractivity contribution in [3.05, 3.63) is 65.7 Å². The molecule has 0 amide bonds. The van der Waals surface area contributed by atoms with Gasteiger partial charge in [0.15, 0.2) is 17.4 Å². The van der Waals surface area contributed by atoms with Gasteiger partial charge < -0.3 is 14.9 Å². The van der Waals surface area contributed by atoms with Gasteiger partial charge in [-0.05, 0) is 64.7 Å². The lowest BCUT2D eigenvalue weighted by Gasteiger charge is -2.23. The average Bonchev–Trinajstić information content (AvgIpc) is 3.39. The molecule has 1 aliphatic rings. The van der Waals surface area contributed by atoms with Crippen LogP contribution in [0.25, 0.3) is 0 Å². The highest BCUT2D eigenvalue weighted by atomic mass is 127. The maximum absolute atomic E-state index is 13.6. The first-order valence-corrected chi connectivity index (χ1v) is 13.3. The lowest BCUT2D eigenvalue weighted by Crippen LogP contribution is -2.19. The lowest BCUT2D eigenvalue weighted by atomic mass is 10.2. The number of benzene rings is 2. The van der Waals surface area contributed by atoms with Crippen LogP contribution in [0.3, 0.4) is 0 Å². The highest BCUT2D eigenvalue weighted by molar-refractivity contribution is 14.2. The van der Waals surface area contributed by atoms with Crippen LogP contribution < -0.4 is 9.80 Å². The first-order chi connectivity index (χ1) is 14.0. The molecule has 1 fully saturated rings. The fourth-order valence-corrected chi connectivity index (χ4v) is 4.97. The second-order valence-electron chi connectivity index (χ2n) is 6.90. The Hall–Kier alpha value is -1.93. The Labute approximate surface area is 182 Å². The zero-order valence-electron chi connectivity index (χ0n) is 15.5. The summed E-state index contributed by atoms with van der Waals surface area (Å²) < 4.78 is 28.9. The summed E-state index contributed by atoms with van der Waals surface area (Å²) in [6, 6.07) is 12.5. The third-order valence-corrected chi connectivity index (χ3v) is 6.82. The Bertz CT molecular complexity index is 993. The first kappa shape index (κ1) is 20.3. The summed E-state index contributed by atoms with van der Waals surface area (Å²) >= 11 is 2.31. The van der Waals surface area contributed by atoms with Gasteiger partial charge in [-0.25, -0.2) is 13.2 Å². The molecule has 2 heterocycles. The molecule has 5 nitrogen and oxygen atoms in total. The molecule has 0 aliphatic carbocycles. The maximum atomic E-state index is 13.6. The number of phenols is 1. The predicted molar refractivity (Wildman–Crippen MR) is 122 cm³/mol. The third kappa shape index (κ3) is 4.48. The summed E-state index contributed by atoms with van der Waals surface area (Å²) in [5.41, 5.74) is 1.49. The summed E-state index contributed by atoms with van der Waals surface area (Å²) in [7, 11) is 0. The molecular weight excluding hydrogens is 508 g/mol. The van der Waals surface area contributed by atoms with Crippen molar-refractivity contribution in [2.24, 2.45) is 0 Å². The van der Waals surface area contributed by atoms with Gasteiger partial charge in [-0.15, -0.1) is 5.10 Å². The molecule has 9 heteroatoms.